The molecule has 202 valence electrons. The molecule has 2 heterocycles. The van der Waals surface area contributed by atoms with Crippen LogP contribution in [-0.2, 0) is 16.0 Å². The zero-order valence-corrected chi connectivity index (χ0v) is 23.2. The molecule has 6 heteroatoms. The van der Waals surface area contributed by atoms with Crippen LogP contribution in [0.25, 0.3) is 0 Å². The van der Waals surface area contributed by atoms with Gasteiger partial charge in [-0.15, -0.1) is 12.4 Å². The quantitative estimate of drug-likeness (QED) is 0.380. The Hall–Kier alpha value is -1.59. The van der Waals surface area contributed by atoms with E-state index in [0.29, 0.717) is 12.5 Å². The highest BCUT2D eigenvalue weighted by Crippen LogP contribution is 2.36. The molecule has 0 unspecified atom stereocenters. The molecule has 4 rings (SSSR count). The number of hydrogen-bond donors (Lipinski definition) is 1. The highest BCUT2D eigenvalue weighted by Gasteiger charge is 2.53. The number of hydrogen-bond acceptors (Lipinski definition) is 3. The summed E-state index contributed by atoms with van der Waals surface area (Å²) >= 11 is 0. The minimum absolute atomic E-state index is 0. The van der Waals surface area contributed by atoms with E-state index in [-0.39, 0.29) is 30.3 Å². The van der Waals surface area contributed by atoms with Gasteiger partial charge < -0.3 is 15.1 Å². The third-order valence-electron chi connectivity index (χ3n) is 8.77. The summed E-state index contributed by atoms with van der Waals surface area (Å²) in [5.41, 5.74) is 0.814. The lowest BCUT2D eigenvalue weighted by molar-refractivity contribution is -0.161. The van der Waals surface area contributed by atoms with E-state index >= 15 is 0 Å². The van der Waals surface area contributed by atoms with Crippen LogP contribution in [-0.4, -0.2) is 59.4 Å². The second-order valence-electron chi connectivity index (χ2n) is 11.3. The summed E-state index contributed by atoms with van der Waals surface area (Å²) in [5, 5.41) is 3.21. The number of piperidine rings is 1. The van der Waals surface area contributed by atoms with E-state index in [0.717, 1.165) is 45.3 Å². The number of benzene rings is 1. The fraction of sp³-hybridized carbons (Fsp3) is 0.733. The number of nitrogens with zero attached hydrogens (tertiary/aromatic N) is 2. The van der Waals surface area contributed by atoms with Gasteiger partial charge in [-0.05, 0) is 63.0 Å². The first kappa shape index (κ1) is 29.0. The van der Waals surface area contributed by atoms with Crippen molar-refractivity contribution in [1.82, 2.24) is 15.1 Å². The van der Waals surface area contributed by atoms with Crippen molar-refractivity contribution in [2.45, 2.75) is 108 Å². The molecule has 1 saturated carbocycles. The Morgan fingerprint density at radius 3 is 2.31 bits per heavy atom. The van der Waals surface area contributed by atoms with Gasteiger partial charge in [-0.25, -0.2) is 0 Å². The maximum atomic E-state index is 13.6. The molecule has 0 radical (unpaired) electrons. The third-order valence-corrected chi connectivity index (χ3v) is 8.77. The zero-order valence-electron chi connectivity index (χ0n) is 22.4. The number of halogens is 1. The summed E-state index contributed by atoms with van der Waals surface area (Å²) in [6.07, 6.45) is 15.7. The van der Waals surface area contributed by atoms with Gasteiger partial charge in [0.15, 0.2) is 0 Å². The lowest BCUT2D eigenvalue weighted by atomic mass is 9.79. The summed E-state index contributed by atoms with van der Waals surface area (Å²) < 4.78 is 0. The fourth-order valence-corrected chi connectivity index (χ4v) is 6.65. The SMILES string of the molecule is CCCN1C(=O)[C@H](CC2CCCCC2)NC(=O)C12CCN(CCCCCCc1ccccc1)CC2.Cl. The van der Waals surface area contributed by atoms with Crippen LogP contribution in [0, 0.1) is 5.92 Å². The number of likely N-dealkylation sites (tertiary alicyclic amines) is 1. The molecule has 3 aliphatic rings. The number of carbonyl (C=O) groups is 2. The molecular weight excluding hydrogens is 470 g/mol. The van der Waals surface area contributed by atoms with Gasteiger partial charge in [-0.1, -0.05) is 82.2 Å². The lowest BCUT2D eigenvalue weighted by Crippen LogP contribution is -2.73. The molecule has 1 aromatic rings. The highest BCUT2D eigenvalue weighted by atomic mass is 35.5. The van der Waals surface area contributed by atoms with Gasteiger partial charge in [0.1, 0.15) is 11.6 Å². The van der Waals surface area contributed by atoms with Crippen molar-refractivity contribution in [2.75, 3.05) is 26.2 Å². The molecule has 2 amide bonds. The number of unbranched alkanes of at least 4 members (excludes halogenated alkanes) is 3. The number of piperazine rings is 1. The van der Waals surface area contributed by atoms with Crippen molar-refractivity contribution in [1.29, 1.82) is 0 Å². The van der Waals surface area contributed by atoms with E-state index in [1.165, 1.54) is 69.8 Å². The van der Waals surface area contributed by atoms with Crippen molar-refractivity contribution in [3.05, 3.63) is 35.9 Å². The van der Waals surface area contributed by atoms with E-state index in [9.17, 15) is 9.59 Å². The van der Waals surface area contributed by atoms with E-state index < -0.39 is 5.54 Å². The van der Waals surface area contributed by atoms with Crippen LogP contribution in [0.3, 0.4) is 0 Å². The molecule has 0 aromatic heterocycles. The number of nitrogens with one attached hydrogen (secondary N) is 1. The Morgan fingerprint density at radius 1 is 0.917 bits per heavy atom. The van der Waals surface area contributed by atoms with E-state index in [1.807, 2.05) is 4.90 Å². The Bertz CT molecular complexity index is 804. The molecule has 1 aliphatic carbocycles. The maximum Gasteiger partial charge on any atom is 0.246 e. The Morgan fingerprint density at radius 2 is 1.61 bits per heavy atom. The molecular formula is C30H48ClN3O2. The largest absolute Gasteiger partial charge is 0.342 e. The number of aryl methyl sites for hydroxylation is 1. The van der Waals surface area contributed by atoms with Gasteiger partial charge in [0, 0.05) is 19.6 Å². The van der Waals surface area contributed by atoms with Gasteiger partial charge in [0.2, 0.25) is 11.8 Å². The average molecular weight is 518 g/mol. The molecule has 2 aliphatic heterocycles. The molecule has 3 fully saturated rings. The van der Waals surface area contributed by atoms with Crippen LogP contribution < -0.4 is 5.32 Å². The number of rotatable bonds is 11. The summed E-state index contributed by atoms with van der Waals surface area (Å²) in [6, 6.07) is 10.5. The van der Waals surface area contributed by atoms with Crippen LogP contribution in [0.1, 0.15) is 96.0 Å². The first-order chi connectivity index (χ1) is 17.1. The normalized spacial score (nSPS) is 22.9. The standard InChI is InChI=1S/C30H47N3O2.ClH/c1-2-20-33-28(34)27(24-26-16-10-6-11-17-26)31-29(35)30(33)18-22-32(23-19-30)21-12-4-3-7-13-25-14-8-5-9-15-25;/h5,8-9,14-15,26-27H,2-4,6-7,10-13,16-24H2,1H3,(H,31,35);1H/t27-;/m0./s1. The van der Waals surface area contributed by atoms with Crippen molar-refractivity contribution < 1.29 is 9.59 Å². The van der Waals surface area contributed by atoms with Crippen LogP contribution in [0.4, 0.5) is 0 Å². The fourth-order valence-electron chi connectivity index (χ4n) is 6.65. The second-order valence-corrected chi connectivity index (χ2v) is 11.3. The maximum absolute atomic E-state index is 13.6. The van der Waals surface area contributed by atoms with Gasteiger partial charge in [-0.2, -0.15) is 0 Å². The van der Waals surface area contributed by atoms with Crippen LogP contribution in [0.5, 0.6) is 0 Å². The van der Waals surface area contributed by atoms with Crippen molar-refractivity contribution in [3.63, 3.8) is 0 Å². The Balaban J connectivity index is 0.00000361. The van der Waals surface area contributed by atoms with Gasteiger partial charge in [0.25, 0.3) is 0 Å². The van der Waals surface area contributed by atoms with Crippen LogP contribution in [0.15, 0.2) is 30.3 Å². The predicted octanol–water partition coefficient (Wildman–Crippen LogP) is 5.75. The van der Waals surface area contributed by atoms with Gasteiger partial charge in [0.05, 0.1) is 0 Å². The van der Waals surface area contributed by atoms with Gasteiger partial charge in [-0.3, -0.25) is 9.59 Å². The number of carbonyl (C=O) groups excluding carboxylic acids is 2. The highest BCUT2D eigenvalue weighted by molar-refractivity contribution is 6.00. The summed E-state index contributed by atoms with van der Waals surface area (Å²) in [6.45, 7) is 5.76. The van der Waals surface area contributed by atoms with Gasteiger partial charge >= 0.3 is 0 Å². The van der Waals surface area contributed by atoms with Crippen molar-refractivity contribution in [3.8, 4) is 0 Å². The Labute approximate surface area is 225 Å². The molecule has 0 bridgehead atoms. The number of amides is 2. The van der Waals surface area contributed by atoms with Crippen LogP contribution in [0.2, 0.25) is 0 Å². The first-order valence-corrected chi connectivity index (χ1v) is 14.5. The molecule has 1 N–H and O–H groups in total. The third kappa shape index (κ3) is 7.25. The molecule has 36 heavy (non-hydrogen) atoms. The molecule has 5 nitrogen and oxygen atoms in total. The monoisotopic (exact) mass is 517 g/mol. The molecule has 1 spiro atoms. The van der Waals surface area contributed by atoms with E-state index in [2.05, 4.69) is 47.5 Å². The molecule has 1 atom stereocenters. The minimum Gasteiger partial charge on any atom is -0.342 e. The lowest BCUT2D eigenvalue weighted by Gasteiger charge is -2.52. The molecule has 2 saturated heterocycles. The first-order valence-electron chi connectivity index (χ1n) is 14.5. The summed E-state index contributed by atoms with van der Waals surface area (Å²) in [4.78, 5) is 31.6. The summed E-state index contributed by atoms with van der Waals surface area (Å²) in [7, 11) is 0. The predicted molar refractivity (Wildman–Crippen MR) is 149 cm³/mol. The average Bonchev–Trinajstić information content (AvgIpc) is 2.89. The van der Waals surface area contributed by atoms with Crippen molar-refractivity contribution >= 4 is 24.2 Å². The summed E-state index contributed by atoms with van der Waals surface area (Å²) in [5.74, 6) is 0.890. The molecule has 1 aromatic carbocycles. The van der Waals surface area contributed by atoms with E-state index in [4.69, 9.17) is 0 Å². The topological polar surface area (TPSA) is 52.7 Å². The Kier molecular flexibility index (Phi) is 11.6. The van der Waals surface area contributed by atoms with E-state index in [1.54, 1.807) is 0 Å². The van der Waals surface area contributed by atoms with Crippen LogP contribution >= 0.6 is 12.4 Å². The zero-order chi connectivity index (χ0) is 24.5. The smallest absolute Gasteiger partial charge is 0.246 e. The minimum atomic E-state index is -0.623. The van der Waals surface area contributed by atoms with Crippen molar-refractivity contribution in [2.24, 2.45) is 5.92 Å². The second kappa shape index (κ2) is 14.4.